The summed E-state index contributed by atoms with van der Waals surface area (Å²) in [5, 5.41) is 5.36. The molecular weight excluding hydrogens is 458 g/mol. The maximum atomic E-state index is 13.0. The zero-order valence-electron chi connectivity index (χ0n) is 19.0. The topological polar surface area (TPSA) is 106 Å². The van der Waals surface area contributed by atoms with Gasteiger partial charge in [-0.25, -0.2) is 14.2 Å². The van der Waals surface area contributed by atoms with Gasteiger partial charge in [-0.1, -0.05) is 12.1 Å². The van der Waals surface area contributed by atoms with Gasteiger partial charge in [0, 0.05) is 16.6 Å². The number of nitrogens with one attached hydrogen (secondary N) is 2. The molecule has 10 heteroatoms. The number of hydrogen-bond donors (Lipinski definition) is 2. The van der Waals surface area contributed by atoms with Gasteiger partial charge >= 0.3 is 0 Å². The van der Waals surface area contributed by atoms with Crippen molar-refractivity contribution in [3.63, 3.8) is 0 Å². The van der Waals surface area contributed by atoms with Gasteiger partial charge in [0.1, 0.15) is 11.0 Å². The standard InChI is InChI=1S/C23H27N5O3S2/c1-5-31-19-13-24-12-17(26-19)15-6-8-16(9-7-15)25-20(29)22(2,3)18-14-32-21(27-18)28-33(30)23(4)10-11-23/h6-9,12-14H,5,10-11H2,1-4H3,(H,25,29)(H,27,28). The van der Waals surface area contributed by atoms with Gasteiger partial charge in [-0.3, -0.25) is 14.5 Å². The first-order valence-corrected chi connectivity index (χ1v) is 12.8. The summed E-state index contributed by atoms with van der Waals surface area (Å²) in [6.45, 7) is 8.06. The van der Waals surface area contributed by atoms with Crippen LogP contribution in [-0.2, 0) is 21.2 Å². The van der Waals surface area contributed by atoms with Crippen LogP contribution in [0.15, 0.2) is 42.0 Å². The van der Waals surface area contributed by atoms with E-state index in [4.69, 9.17) is 4.74 Å². The minimum absolute atomic E-state index is 0.166. The Morgan fingerprint density at radius 3 is 2.61 bits per heavy atom. The Morgan fingerprint density at radius 2 is 1.94 bits per heavy atom. The SMILES string of the molecule is CCOc1cncc(-c2ccc(NC(=O)C(C)(C)c3csc(NS(=O)C4(C)CC4)n3)cc2)n1. The molecule has 1 aromatic carbocycles. The average Bonchev–Trinajstić information content (AvgIpc) is 3.37. The van der Waals surface area contributed by atoms with E-state index in [1.165, 1.54) is 11.3 Å². The fourth-order valence-corrected chi connectivity index (χ4v) is 5.07. The van der Waals surface area contributed by atoms with Crippen LogP contribution in [0.5, 0.6) is 5.88 Å². The Kier molecular flexibility index (Phi) is 6.49. The Bertz CT molecular complexity index is 1170. The summed E-state index contributed by atoms with van der Waals surface area (Å²) in [7, 11) is -1.17. The average molecular weight is 486 g/mol. The molecular formula is C23H27N5O3S2. The van der Waals surface area contributed by atoms with Crippen molar-refractivity contribution in [3.05, 3.63) is 47.7 Å². The number of benzene rings is 1. The molecule has 1 aliphatic rings. The molecule has 2 aromatic heterocycles. The Balaban J connectivity index is 1.42. The predicted octanol–water partition coefficient (Wildman–Crippen LogP) is 4.54. The molecule has 2 heterocycles. The van der Waals surface area contributed by atoms with E-state index in [9.17, 15) is 9.00 Å². The lowest BCUT2D eigenvalue weighted by molar-refractivity contribution is -0.120. The van der Waals surface area contributed by atoms with Crippen molar-refractivity contribution in [2.75, 3.05) is 16.6 Å². The molecule has 0 saturated heterocycles. The number of carbonyl (C=O) groups is 1. The zero-order chi connectivity index (χ0) is 23.6. The highest BCUT2D eigenvalue weighted by atomic mass is 32.2. The van der Waals surface area contributed by atoms with E-state index in [2.05, 4.69) is 25.0 Å². The molecule has 1 unspecified atom stereocenters. The van der Waals surface area contributed by atoms with Gasteiger partial charge in [0.25, 0.3) is 0 Å². The van der Waals surface area contributed by atoms with Gasteiger partial charge < -0.3 is 10.1 Å². The smallest absolute Gasteiger partial charge is 0.236 e. The van der Waals surface area contributed by atoms with Crippen molar-refractivity contribution in [1.82, 2.24) is 15.0 Å². The lowest BCUT2D eigenvalue weighted by atomic mass is 9.89. The summed E-state index contributed by atoms with van der Waals surface area (Å²) in [5.74, 6) is 0.293. The predicted molar refractivity (Wildman–Crippen MR) is 132 cm³/mol. The van der Waals surface area contributed by atoms with Crippen LogP contribution in [0.4, 0.5) is 10.8 Å². The minimum atomic E-state index is -1.17. The molecule has 2 N–H and O–H groups in total. The van der Waals surface area contributed by atoms with Gasteiger partial charge in [-0.15, -0.1) is 11.3 Å². The monoisotopic (exact) mass is 485 g/mol. The number of rotatable bonds is 9. The normalized spacial score (nSPS) is 15.5. The van der Waals surface area contributed by atoms with Crippen LogP contribution < -0.4 is 14.8 Å². The molecule has 0 aliphatic heterocycles. The molecule has 1 amide bonds. The molecule has 1 atom stereocenters. The summed E-state index contributed by atoms with van der Waals surface area (Å²) < 4.78 is 20.6. The summed E-state index contributed by atoms with van der Waals surface area (Å²) in [6, 6.07) is 7.40. The number of anilines is 2. The molecule has 0 bridgehead atoms. The number of nitrogens with zero attached hydrogens (tertiary/aromatic N) is 3. The third-order valence-corrected chi connectivity index (χ3v) is 8.21. The zero-order valence-corrected chi connectivity index (χ0v) is 20.7. The summed E-state index contributed by atoms with van der Waals surface area (Å²) >= 11 is 1.36. The molecule has 174 valence electrons. The third kappa shape index (κ3) is 5.22. The van der Waals surface area contributed by atoms with Gasteiger partial charge in [-0.2, -0.15) is 0 Å². The molecule has 0 spiro atoms. The number of hydrogen-bond acceptors (Lipinski definition) is 7. The lowest BCUT2D eigenvalue weighted by Gasteiger charge is -2.21. The van der Waals surface area contributed by atoms with Crippen molar-refractivity contribution in [3.8, 4) is 17.1 Å². The van der Waals surface area contributed by atoms with Gasteiger partial charge in [0.2, 0.25) is 11.8 Å². The van der Waals surface area contributed by atoms with E-state index < -0.39 is 16.4 Å². The molecule has 3 aromatic rings. The molecule has 1 saturated carbocycles. The molecule has 4 rings (SSSR count). The highest BCUT2D eigenvalue weighted by Gasteiger charge is 2.44. The van der Waals surface area contributed by atoms with Crippen LogP contribution in [-0.4, -0.2) is 36.4 Å². The number of ether oxygens (including phenoxy) is 1. The second kappa shape index (κ2) is 9.18. The summed E-state index contributed by atoms with van der Waals surface area (Å²) in [5.41, 5.74) is 2.00. The van der Waals surface area contributed by atoms with Crippen molar-refractivity contribution < 1.29 is 13.7 Å². The van der Waals surface area contributed by atoms with Crippen LogP contribution in [0.25, 0.3) is 11.3 Å². The number of amides is 1. The second-order valence-electron chi connectivity index (χ2n) is 8.69. The fraction of sp³-hybridized carbons (Fsp3) is 0.391. The van der Waals surface area contributed by atoms with Gasteiger partial charge in [0.15, 0.2) is 5.13 Å². The van der Waals surface area contributed by atoms with E-state index in [1.54, 1.807) is 12.4 Å². The Labute approximate surface area is 199 Å². The Hall–Kier alpha value is -2.85. The Morgan fingerprint density at radius 1 is 1.21 bits per heavy atom. The maximum absolute atomic E-state index is 13.0. The lowest BCUT2D eigenvalue weighted by Crippen LogP contribution is -2.35. The van der Waals surface area contributed by atoms with Crippen molar-refractivity contribution >= 4 is 39.0 Å². The third-order valence-electron chi connectivity index (χ3n) is 5.64. The minimum Gasteiger partial charge on any atom is -0.477 e. The van der Waals surface area contributed by atoms with E-state index in [0.717, 1.165) is 18.4 Å². The summed E-state index contributed by atoms with van der Waals surface area (Å²) in [6.07, 6.45) is 5.14. The molecule has 0 radical (unpaired) electrons. The van der Waals surface area contributed by atoms with E-state index in [0.29, 0.717) is 34.7 Å². The van der Waals surface area contributed by atoms with Crippen LogP contribution in [0.2, 0.25) is 0 Å². The number of aromatic nitrogens is 3. The maximum Gasteiger partial charge on any atom is 0.236 e. The second-order valence-corrected chi connectivity index (χ2v) is 11.3. The first kappa shape index (κ1) is 23.3. The van der Waals surface area contributed by atoms with E-state index >= 15 is 0 Å². The van der Waals surface area contributed by atoms with Crippen LogP contribution >= 0.6 is 11.3 Å². The van der Waals surface area contributed by atoms with Crippen molar-refractivity contribution in [2.24, 2.45) is 0 Å². The van der Waals surface area contributed by atoms with Crippen LogP contribution in [0, 0.1) is 0 Å². The van der Waals surface area contributed by atoms with Crippen molar-refractivity contribution in [1.29, 1.82) is 0 Å². The van der Waals surface area contributed by atoms with E-state index in [1.807, 2.05) is 57.3 Å². The van der Waals surface area contributed by atoms with Crippen molar-refractivity contribution in [2.45, 2.75) is 50.7 Å². The first-order valence-electron chi connectivity index (χ1n) is 10.7. The molecule has 1 fully saturated rings. The first-order chi connectivity index (χ1) is 15.7. The largest absolute Gasteiger partial charge is 0.477 e. The van der Waals surface area contributed by atoms with Crippen LogP contribution in [0.1, 0.15) is 46.2 Å². The van der Waals surface area contributed by atoms with E-state index in [-0.39, 0.29) is 10.7 Å². The van der Waals surface area contributed by atoms with Crippen LogP contribution in [0.3, 0.4) is 0 Å². The quantitative estimate of drug-likeness (QED) is 0.461. The van der Waals surface area contributed by atoms with Gasteiger partial charge in [0.05, 0.1) is 40.6 Å². The summed E-state index contributed by atoms with van der Waals surface area (Å²) in [4.78, 5) is 26.2. The highest BCUT2D eigenvalue weighted by Crippen LogP contribution is 2.41. The molecule has 1 aliphatic carbocycles. The number of carbonyl (C=O) groups excluding carboxylic acids is 1. The fourth-order valence-electron chi connectivity index (χ4n) is 3.00. The molecule has 8 nitrogen and oxygen atoms in total. The highest BCUT2D eigenvalue weighted by molar-refractivity contribution is 7.88. The van der Waals surface area contributed by atoms with Gasteiger partial charge in [-0.05, 0) is 52.7 Å². The molecule has 33 heavy (non-hydrogen) atoms. The number of thiazole rings is 1.